The first kappa shape index (κ1) is 15.5. The Morgan fingerprint density at radius 3 is 2.77 bits per heavy atom. The lowest BCUT2D eigenvalue weighted by Crippen LogP contribution is -2.36. The summed E-state index contributed by atoms with van der Waals surface area (Å²) < 4.78 is 5.52. The number of amides is 1. The molecule has 2 rings (SSSR count). The van der Waals surface area contributed by atoms with E-state index in [2.05, 4.69) is 5.32 Å². The minimum atomic E-state index is -0.547. The van der Waals surface area contributed by atoms with E-state index in [1.165, 1.54) is 24.4 Å². The number of aromatic nitrogens is 1. The van der Waals surface area contributed by atoms with Crippen LogP contribution in [0, 0.1) is 5.21 Å². The zero-order valence-corrected chi connectivity index (χ0v) is 12.1. The predicted octanol–water partition coefficient (Wildman–Crippen LogP) is 2.14. The van der Waals surface area contributed by atoms with E-state index < -0.39 is 11.9 Å². The highest BCUT2D eigenvalue weighted by Gasteiger charge is 2.16. The van der Waals surface area contributed by atoms with Gasteiger partial charge in [-0.25, -0.2) is 4.79 Å². The number of carbonyl (C=O) groups excluding carboxylic acids is 2. The molecule has 114 valence electrons. The zero-order chi connectivity index (χ0) is 15.9. The number of benzene rings is 1. The third-order valence-electron chi connectivity index (χ3n) is 2.85. The van der Waals surface area contributed by atoms with E-state index in [1.807, 2.05) is 6.92 Å². The van der Waals surface area contributed by atoms with Crippen molar-refractivity contribution in [1.29, 1.82) is 0 Å². The lowest BCUT2D eigenvalue weighted by molar-refractivity contribution is -0.607. The molecule has 0 saturated carbocycles. The van der Waals surface area contributed by atoms with Crippen molar-refractivity contribution in [2.75, 3.05) is 11.9 Å². The Balaban J connectivity index is 2.12. The van der Waals surface area contributed by atoms with Crippen molar-refractivity contribution in [1.82, 2.24) is 0 Å². The number of hydrogen-bond acceptors (Lipinski definition) is 4. The molecule has 1 aromatic carbocycles. The molecule has 0 fully saturated rings. The highest BCUT2D eigenvalue weighted by molar-refractivity contribution is 6.02. The molecule has 0 aliphatic heterocycles. The number of pyridine rings is 1. The van der Waals surface area contributed by atoms with Crippen LogP contribution in [0.1, 0.15) is 34.2 Å². The van der Waals surface area contributed by atoms with Crippen LogP contribution in [0.25, 0.3) is 0 Å². The van der Waals surface area contributed by atoms with E-state index in [-0.39, 0.29) is 5.69 Å². The molecular formula is C16H16N2O4. The molecule has 0 atom stereocenters. The van der Waals surface area contributed by atoms with E-state index in [0.29, 0.717) is 22.6 Å². The van der Waals surface area contributed by atoms with E-state index in [0.717, 1.165) is 6.42 Å². The maximum absolute atomic E-state index is 12.0. The molecule has 0 aliphatic carbocycles. The second kappa shape index (κ2) is 7.21. The maximum Gasteiger partial charge on any atom is 0.338 e. The number of carbonyl (C=O) groups is 2. The molecule has 1 heterocycles. The SMILES string of the molecule is CCCOC(=O)c1cccc(NC(=O)c2cccc[n+]2[O-])c1. The summed E-state index contributed by atoms with van der Waals surface area (Å²) in [5, 5.41) is 14.1. The number of anilines is 1. The average Bonchev–Trinajstić information content (AvgIpc) is 2.53. The minimum absolute atomic E-state index is 0.0264. The van der Waals surface area contributed by atoms with E-state index in [1.54, 1.807) is 24.3 Å². The van der Waals surface area contributed by atoms with Gasteiger partial charge < -0.3 is 15.3 Å². The summed E-state index contributed by atoms with van der Waals surface area (Å²) in [6.45, 7) is 2.25. The number of nitrogens with zero attached hydrogens (tertiary/aromatic N) is 1. The lowest BCUT2D eigenvalue weighted by atomic mass is 10.2. The van der Waals surface area contributed by atoms with Gasteiger partial charge in [-0.05, 0) is 30.7 Å². The van der Waals surface area contributed by atoms with Crippen molar-refractivity contribution >= 4 is 17.6 Å². The van der Waals surface area contributed by atoms with Crippen LogP contribution in [0.4, 0.5) is 5.69 Å². The second-order valence-corrected chi connectivity index (χ2v) is 4.58. The molecule has 0 unspecified atom stereocenters. The van der Waals surface area contributed by atoms with Crippen molar-refractivity contribution in [3.8, 4) is 0 Å². The van der Waals surface area contributed by atoms with Crippen LogP contribution in [0.5, 0.6) is 0 Å². The van der Waals surface area contributed by atoms with Crippen LogP contribution in [-0.4, -0.2) is 18.5 Å². The third kappa shape index (κ3) is 3.82. The Hall–Kier alpha value is -2.89. The highest BCUT2D eigenvalue weighted by Crippen LogP contribution is 2.12. The summed E-state index contributed by atoms with van der Waals surface area (Å²) in [4.78, 5) is 23.8. The summed E-state index contributed by atoms with van der Waals surface area (Å²) in [7, 11) is 0. The van der Waals surface area contributed by atoms with Crippen LogP contribution < -0.4 is 10.0 Å². The Kier molecular flexibility index (Phi) is 5.08. The third-order valence-corrected chi connectivity index (χ3v) is 2.85. The van der Waals surface area contributed by atoms with Gasteiger partial charge in [-0.1, -0.05) is 13.0 Å². The zero-order valence-electron chi connectivity index (χ0n) is 12.1. The van der Waals surface area contributed by atoms with E-state index >= 15 is 0 Å². The normalized spacial score (nSPS) is 10.0. The number of nitrogens with one attached hydrogen (secondary N) is 1. The van der Waals surface area contributed by atoms with Crippen molar-refractivity contribution < 1.29 is 19.1 Å². The monoisotopic (exact) mass is 300 g/mol. The van der Waals surface area contributed by atoms with Gasteiger partial charge in [0, 0.05) is 17.8 Å². The van der Waals surface area contributed by atoms with Crippen LogP contribution in [0.2, 0.25) is 0 Å². The smallest absolute Gasteiger partial charge is 0.338 e. The summed E-state index contributed by atoms with van der Waals surface area (Å²) in [5.74, 6) is -0.994. The van der Waals surface area contributed by atoms with Gasteiger partial charge in [0.05, 0.1) is 12.2 Å². The van der Waals surface area contributed by atoms with Gasteiger partial charge in [-0.2, -0.15) is 4.73 Å². The van der Waals surface area contributed by atoms with Crippen LogP contribution in [-0.2, 0) is 4.74 Å². The van der Waals surface area contributed by atoms with Crippen LogP contribution in [0.15, 0.2) is 48.7 Å². The first-order chi connectivity index (χ1) is 10.6. The van der Waals surface area contributed by atoms with Gasteiger partial charge in [0.25, 0.3) is 5.69 Å². The predicted molar refractivity (Wildman–Crippen MR) is 80.4 cm³/mol. The molecule has 0 spiro atoms. The van der Waals surface area contributed by atoms with Crippen molar-refractivity contribution in [2.24, 2.45) is 0 Å². The van der Waals surface area contributed by atoms with Crippen molar-refractivity contribution in [2.45, 2.75) is 13.3 Å². The number of rotatable bonds is 5. The van der Waals surface area contributed by atoms with Crippen LogP contribution in [0.3, 0.4) is 0 Å². The first-order valence-electron chi connectivity index (χ1n) is 6.88. The number of ether oxygens (including phenoxy) is 1. The summed E-state index contributed by atoms with van der Waals surface area (Å²) >= 11 is 0. The highest BCUT2D eigenvalue weighted by atomic mass is 16.5. The molecule has 6 heteroatoms. The molecule has 1 amide bonds. The van der Waals surface area contributed by atoms with E-state index in [9.17, 15) is 14.8 Å². The molecule has 0 bridgehead atoms. The number of hydrogen-bond donors (Lipinski definition) is 1. The van der Waals surface area contributed by atoms with Gasteiger partial charge in [0.2, 0.25) is 0 Å². The topological polar surface area (TPSA) is 82.3 Å². The second-order valence-electron chi connectivity index (χ2n) is 4.58. The van der Waals surface area contributed by atoms with Gasteiger partial charge >= 0.3 is 11.9 Å². The van der Waals surface area contributed by atoms with Gasteiger partial charge in [-0.15, -0.1) is 0 Å². The molecule has 22 heavy (non-hydrogen) atoms. The Morgan fingerprint density at radius 2 is 2.05 bits per heavy atom. The summed E-state index contributed by atoms with van der Waals surface area (Å²) in [6, 6.07) is 10.9. The van der Waals surface area contributed by atoms with Crippen molar-refractivity contribution in [3.63, 3.8) is 0 Å². The minimum Gasteiger partial charge on any atom is -0.618 e. The standard InChI is InChI=1S/C16H16N2O4/c1-2-10-22-16(20)12-6-5-7-13(11-12)17-15(19)14-8-3-4-9-18(14)21/h3-9,11H,2,10H2,1H3,(H,17,19). The Bertz CT molecular complexity index is 685. The maximum atomic E-state index is 12.0. The molecule has 1 N–H and O–H groups in total. The fourth-order valence-corrected chi connectivity index (χ4v) is 1.80. The quantitative estimate of drug-likeness (QED) is 0.521. The average molecular weight is 300 g/mol. The summed E-state index contributed by atoms with van der Waals surface area (Å²) in [5.41, 5.74) is 0.732. The summed E-state index contributed by atoms with van der Waals surface area (Å²) in [6.07, 6.45) is 1.98. The van der Waals surface area contributed by atoms with Gasteiger partial charge in [-0.3, -0.25) is 4.79 Å². The van der Waals surface area contributed by atoms with Crippen molar-refractivity contribution in [3.05, 3.63) is 65.1 Å². The molecule has 0 aliphatic rings. The molecular weight excluding hydrogens is 284 g/mol. The molecule has 1 aromatic heterocycles. The molecule has 0 radical (unpaired) electrons. The fraction of sp³-hybridized carbons (Fsp3) is 0.188. The Labute approximate surface area is 127 Å². The lowest BCUT2D eigenvalue weighted by Gasteiger charge is -2.07. The fourth-order valence-electron chi connectivity index (χ4n) is 1.80. The van der Waals surface area contributed by atoms with Crippen LogP contribution >= 0.6 is 0 Å². The Morgan fingerprint density at radius 1 is 1.23 bits per heavy atom. The van der Waals surface area contributed by atoms with E-state index in [4.69, 9.17) is 4.74 Å². The van der Waals surface area contributed by atoms with Gasteiger partial charge in [0.15, 0.2) is 6.20 Å². The molecule has 6 nitrogen and oxygen atoms in total. The molecule has 2 aromatic rings. The van der Waals surface area contributed by atoms with Gasteiger partial charge in [0.1, 0.15) is 0 Å². The largest absolute Gasteiger partial charge is 0.618 e. The number of esters is 1. The first-order valence-corrected chi connectivity index (χ1v) is 6.88. The molecule has 0 saturated heterocycles.